The molecule has 1 amide bonds. The molecule has 0 aliphatic heterocycles. The van der Waals surface area contributed by atoms with Crippen molar-refractivity contribution in [3.05, 3.63) is 58.7 Å². The average Bonchev–Trinajstić information content (AvgIpc) is 2.64. The largest absolute Gasteiger partial charge is 0.496 e. The van der Waals surface area contributed by atoms with Crippen molar-refractivity contribution in [3.63, 3.8) is 0 Å². The molecule has 0 atom stereocenters. The number of hydrogen-bond donors (Lipinski definition) is 2. The van der Waals surface area contributed by atoms with E-state index in [2.05, 4.69) is 10.0 Å². The SMILES string of the molecule is COc1ccc(C)cc1CCNC(=O)CCNS(=O)(=O)c1ccc(C)c(C)c1. The van der Waals surface area contributed by atoms with Crippen molar-refractivity contribution in [1.29, 1.82) is 0 Å². The van der Waals surface area contributed by atoms with Gasteiger partial charge in [0.25, 0.3) is 0 Å². The lowest BCUT2D eigenvalue weighted by atomic mass is 10.1. The average molecular weight is 405 g/mol. The van der Waals surface area contributed by atoms with E-state index in [1.165, 1.54) is 0 Å². The second kappa shape index (κ2) is 9.71. The molecule has 6 nitrogen and oxygen atoms in total. The Kier molecular flexibility index (Phi) is 7.60. The lowest BCUT2D eigenvalue weighted by Crippen LogP contribution is -2.31. The maximum absolute atomic E-state index is 12.3. The zero-order valence-corrected chi connectivity index (χ0v) is 17.7. The van der Waals surface area contributed by atoms with E-state index in [-0.39, 0.29) is 23.8 Å². The molecule has 0 bridgehead atoms. The number of benzene rings is 2. The van der Waals surface area contributed by atoms with Gasteiger partial charge >= 0.3 is 0 Å². The first-order valence-electron chi connectivity index (χ1n) is 9.20. The number of amides is 1. The van der Waals surface area contributed by atoms with Crippen molar-refractivity contribution in [3.8, 4) is 5.75 Å². The Hall–Kier alpha value is -2.38. The van der Waals surface area contributed by atoms with Gasteiger partial charge in [-0.25, -0.2) is 13.1 Å². The van der Waals surface area contributed by atoms with Crippen molar-refractivity contribution >= 4 is 15.9 Å². The smallest absolute Gasteiger partial charge is 0.240 e. The molecule has 2 N–H and O–H groups in total. The Bertz CT molecular complexity index is 939. The lowest BCUT2D eigenvalue weighted by molar-refractivity contribution is -0.120. The van der Waals surface area contributed by atoms with Gasteiger partial charge in [0.15, 0.2) is 0 Å². The van der Waals surface area contributed by atoms with Crippen LogP contribution in [0.15, 0.2) is 41.3 Å². The van der Waals surface area contributed by atoms with E-state index in [0.717, 1.165) is 28.0 Å². The third kappa shape index (κ3) is 6.07. The minimum atomic E-state index is -3.62. The molecule has 0 spiro atoms. The Balaban J connectivity index is 1.79. The summed E-state index contributed by atoms with van der Waals surface area (Å²) in [7, 11) is -2.00. The second-order valence-electron chi connectivity index (χ2n) is 6.81. The maximum atomic E-state index is 12.3. The molecule has 0 unspecified atom stereocenters. The minimum Gasteiger partial charge on any atom is -0.496 e. The number of carbonyl (C=O) groups is 1. The number of nitrogens with one attached hydrogen (secondary N) is 2. The molecule has 28 heavy (non-hydrogen) atoms. The molecule has 2 aromatic carbocycles. The predicted octanol–water partition coefficient (Wildman–Crippen LogP) is 2.65. The fraction of sp³-hybridized carbons (Fsp3) is 0.381. The van der Waals surface area contributed by atoms with E-state index in [1.807, 2.05) is 39.0 Å². The molecule has 0 saturated heterocycles. The van der Waals surface area contributed by atoms with Crippen LogP contribution in [0.2, 0.25) is 0 Å². The van der Waals surface area contributed by atoms with Crippen LogP contribution in [-0.2, 0) is 21.2 Å². The van der Waals surface area contributed by atoms with Crippen molar-refractivity contribution in [2.75, 3.05) is 20.2 Å². The highest BCUT2D eigenvalue weighted by molar-refractivity contribution is 7.89. The van der Waals surface area contributed by atoms with Crippen LogP contribution in [0.3, 0.4) is 0 Å². The van der Waals surface area contributed by atoms with Gasteiger partial charge < -0.3 is 10.1 Å². The molecule has 0 radical (unpaired) electrons. The topological polar surface area (TPSA) is 84.5 Å². The number of hydrogen-bond acceptors (Lipinski definition) is 4. The Morgan fingerprint density at radius 1 is 1.00 bits per heavy atom. The molecular formula is C21H28N2O4S. The van der Waals surface area contributed by atoms with Crippen LogP contribution in [0.1, 0.15) is 28.7 Å². The van der Waals surface area contributed by atoms with Crippen LogP contribution < -0.4 is 14.8 Å². The molecule has 152 valence electrons. The molecule has 0 heterocycles. The zero-order chi connectivity index (χ0) is 20.7. The van der Waals surface area contributed by atoms with Gasteiger partial charge in [0.05, 0.1) is 12.0 Å². The Labute approximate surface area is 167 Å². The number of ether oxygens (including phenoxy) is 1. The Morgan fingerprint density at radius 3 is 2.43 bits per heavy atom. The molecule has 2 aromatic rings. The van der Waals surface area contributed by atoms with E-state index in [9.17, 15) is 13.2 Å². The molecule has 0 saturated carbocycles. The van der Waals surface area contributed by atoms with E-state index in [0.29, 0.717) is 13.0 Å². The fourth-order valence-electron chi connectivity index (χ4n) is 2.79. The first-order chi connectivity index (χ1) is 13.2. The first-order valence-corrected chi connectivity index (χ1v) is 10.7. The molecule has 0 aliphatic carbocycles. The Morgan fingerprint density at radius 2 is 1.75 bits per heavy atom. The third-order valence-electron chi connectivity index (χ3n) is 4.59. The van der Waals surface area contributed by atoms with Crippen LogP contribution >= 0.6 is 0 Å². The second-order valence-corrected chi connectivity index (χ2v) is 8.58. The maximum Gasteiger partial charge on any atom is 0.240 e. The third-order valence-corrected chi connectivity index (χ3v) is 6.04. The fourth-order valence-corrected chi connectivity index (χ4v) is 3.91. The summed E-state index contributed by atoms with van der Waals surface area (Å²) in [6, 6.07) is 10.9. The van der Waals surface area contributed by atoms with Crippen LogP contribution in [0.4, 0.5) is 0 Å². The number of methoxy groups -OCH3 is 1. The van der Waals surface area contributed by atoms with Crippen molar-refractivity contribution in [2.24, 2.45) is 0 Å². The molecule has 2 rings (SSSR count). The monoisotopic (exact) mass is 404 g/mol. The highest BCUT2D eigenvalue weighted by Gasteiger charge is 2.15. The summed E-state index contributed by atoms with van der Waals surface area (Å²) in [5.74, 6) is 0.593. The summed E-state index contributed by atoms with van der Waals surface area (Å²) < 4.78 is 32.5. The number of aryl methyl sites for hydroxylation is 3. The highest BCUT2D eigenvalue weighted by Crippen LogP contribution is 2.19. The van der Waals surface area contributed by atoms with E-state index in [4.69, 9.17) is 4.74 Å². The van der Waals surface area contributed by atoms with Crippen molar-refractivity contribution < 1.29 is 17.9 Å². The van der Waals surface area contributed by atoms with Gasteiger partial charge in [-0.2, -0.15) is 0 Å². The van der Waals surface area contributed by atoms with E-state index < -0.39 is 10.0 Å². The highest BCUT2D eigenvalue weighted by atomic mass is 32.2. The van der Waals surface area contributed by atoms with Gasteiger partial charge in [-0.3, -0.25) is 4.79 Å². The van der Waals surface area contributed by atoms with Gasteiger partial charge in [0, 0.05) is 19.5 Å². The van der Waals surface area contributed by atoms with E-state index >= 15 is 0 Å². The number of sulfonamides is 1. The molecule has 7 heteroatoms. The van der Waals surface area contributed by atoms with Crippen molar-refractivity contribution in [2.45, 2.75) is 38.5 Å². The standard InChI is InChI=1S/C21H28N2O4S/c1-15-5-8-20(27-4)18(13-15)9-11-22-21(24)10-12-23-28(25,26)19-7-6-16(2)17(3)14-19/h5-8,13-14,23H,9-12H2,1-4H3,(H,22,24). The lowest BCUT2D eigenvalue weighted by Gasteiger charge is -2.11. The van der Waals surface area contributed by atoms with Gasteiger partial charge in [-0.1, -0.05) is 23.8 Å². The summed E-state index contributed by atoms with van der Waals surface area (Å²) in [4.78, 5) is 12.2. The van der Waals surface area contributed by atoms with Crippen molar-refractivity contribution in [1.82, 2.24) is 10.0 Å². The van der Waals surface area contributed by atoms with Gasteiger partial charge in [0.1, 0.15) is 5.75 Å². The molecule has 0 fully saturated rings. The van der Waals surface area contributed by atoms with E-state index in [1.54, 1.807) is 25.3 Å². The van der Waals surface area contributed by atoms with Crippen LogP contribution in [0, 0.1) is 20.8 Å². The first kappa shape index (κ1) is 21.9. The summed E-state index contributed by atoms with van der Waals surface area (Å²) in [5.41, 5.74) is 4.09. The van der Waals surface area contributed by atoms with Gasteiger partial charge in [0.2, 0.25) is 15.9 Å². The van der Waals surface area contributed by atoms with Crippen LogP contribution in [-0.4, -0.2) is 34.5 Å². The minimum absolute atomic E-state index is 0.0505. The van der Waals surface area contributed by atoms with Gasteiger partial charge in [-0.15, -0.1) is 0 Å². The molecular weight excluding hydrogens is 376 g/mol. The van der Waals surface area contributed by atoms with Gasteiger partial charge in [-0.05, 0) is 62.1 Å². The predicted molar refractivity (Wildman–Crippen MR) is 110 cm³/mol. The van der Waals surface area contributed by atoms with Crippen LogP contribution in [0.25, 0.3) is 0 Å². The summed E-state index contributed by atoms with van der Waals surface area (Å²) >= 11 is 0. The number of carbonyl (C=O) groups excluding carboxylic acids is 1. The summed E-state index contributed by atoms with van der Waals surface area (Å²) in [6.45, 7) is 6.31. The normalized spacial score (nSPS) is 11.3. The zero-order valence-electron chi connectivity index (χ0n) is 16.8. The molecule has 0 aromatic heterocycles. The number of rotatable bonds is 9. The summed E-state index contributed by atoms with van der Waals surface area (Å²) in [5, 5.41) is 2.82. The summed E-state index contributed by atoms with van der Waals surface area (Å²) in [6.07, 6.45) is 0.722. The molecule has 0 aliphatic rings. The van der Waals surface area contributed by atoms with Crippen LogP contribution in [0.5, 0.6) is 5.75 Å². The quantitative estimate of drug-likeness (QED) is 0.673.